The second-order valence-corrected chi connectivity index (χ2v) is 8.88. The molecule has 1 aromatic carbocycles. The Balaban J connectivity index is 1.81. The molecule has 1 aromatic heterocycles. The van der Waals surface area contributed by atoms with Crippen molar-refractivity contribution in [2.75, 3.05) is 19.8 Å². The van der Waals surface area contributed by atoms with Gasteiger partial charge in [0.2, 0.25) is 0 Å². The number of ketones is 1. The highest BCUT2D eigenvalue weighted by atomic mass is 16.5. The van der Waals surface area contributed by atoms with E-state index >= 15 is 0 Å². The summed E-state index contributed by atoms with van der Waals surface area (Å²) in [6.45, 7) is 9.23. The van der Waals surface area contributed by atoms with Gasteiger partial charge in [-0.1, -0.05) is 13.8 Å². The minimum Gasteiger partial charge on any atom is -0.507 e. The minimum atomic E-state index is -0.808. The van der Waals surface area contributed by atoms with Crippen molar-refractivity contribution in [1.29, 1.82) is 0 Å². The lowest BCUT2D eigenvalue weighted by molar-refractivity contribution is -0.141. The van der Waals surface area contributed by atoms with E-state index < -0.39 is 17.7 Å². The van der Waals surface area contributed by atoms with Gasteiger partial charge in [-0.05, 0) is 68.5 Å². The Hall–Kier alpha value is -3.06. The number of carbonyl (C=O) groups is 2. The van der Waals surface area contributed by atoms with Crippen LogP contribution in [0.1, 0.15) is 68.2 Å². The molecule has 2 atom stereocenters. The van der Waals surface area contributed by atoms with E-state index in [0.717, 1.165) is 24.2 Å². The van der Waals surface area contributed by atoms with Crippen LogP contribution < -0.4 is 4.74 Å². The molecule has 0 bridgehead atoms. The van der Waals surface area contributed by atoms with Gasteiger partial charge in [0.25, 0.3) is 11.7 Å². The number of carbonyl (C=O) groups excluding carboxylic acids is 2. The summed E-state index contributed by atoms with van der Waals surface area (Å²) in [5.41, 5.74) is 1.41. The number of likely N-dealkylation sites (tertiary alicyclic amines) is 1. The van der Waals surface area contributed by atoms with Crippen LogP contribution in [0.15, 0.2) is 40.3 Å². The fourth-order valence-corrected chi connectivity index (χ4v) is 4.56. The normalized spacial score (nSPS) is 22.5. The molecule has 1 amide bonds. The molecule has 2 fully saturated rings. The maximum atomic E-state index is 13.2. The van der Waals surface area contributed by atoms with Gasteiger partial charge in [-0.3, -0.25) is 9.59 Å². The van der Waals surface area contributed by atoms with Gasteiger partial charge in [-0.25, -0.2) is 0 Å². The molecule has 176 valence electrons. The van der Waals surface area contributed by atoms with Crippen molar-refractivity contribution in [3.05, 3.63) is 58.6 Å². The average Bonchev–Trinajstić information content (AvgIpc) is 3.51. The number of hydrogen-bond donors (Lipinski definition) is 1. The Kier molecular flexibility index (Phi) is 6.61. The molecule has 1 N–H and O–H groups in total. The molecule has 3 heterocycles. The first kappa shape index (κ1) is 23.1. The third-order valence-corrected chi connectivity index (χ3v) is 6.20. The molecule has 33 heavy (non-hydrogen) atoms. The van der Waals surface area contributed by atoms with Crippen LogP contribution >= 0.6 is 0 Å². The molecule has 0 radical (unpaired) electrons. The van der Waals surface area contributed by atoms with Crippen LogP contribution in [0.25, 0.3) is 5.76 Å². The summed E-state index contributed by atoms with van der Waals surface area (Å²) in [5, 5.41) is 11.3. The zero-order valence-electron chi connectivity index (χ0n) is 19.6. The smallest absolute Gasteiger partial charge is 0.295 e. The number of benzene rings is 1. The summed E-state index contributed by atoms with van der Waals surface area (Å²) in [4.78, 5) is 27.7. The first-order valence-corrected chi connectivity index (χ1v) is 11.5. The molecule has 2 saturated heterocycles. The molecule has 2 aliphatic rings. The van der Waals surface area contributed by atoms with Gasteiger partial charge >= 0.3 is 0 Å². The highest BCUT2D eigenvalue weighted by molar-refractivity contribution is 6.46. The summed E-state index contributed by atoms with van der Waals surface area (Å²) in [5.74, 6) is 0.404. The number of aliphatic hydroxyl groups is 1. The maximum Gasteiger partial charge on any atom is 0.295 e. The van der Waals surface area contributed by atoms with Gasteiger partial charge in [0.05, 0.1) is 18.3 Å². The van der Waals surface area contributed by atoms with Crippen molar-refractivity contribution in [3.8, 4) is 5.75 Å². The first-order chi connectivity index (χ1) is 15.8. The number of ether oxygens (including phenoxy) is 2. The molecule has 7 heteroatoms. The van der Waals surface area contributed by atoms with Gasteiger partial charge < -0.3 is 23.9 Å². The van der Waals surface area contributed by atoms with Crippen molar-refractivity contribution in [3.63, 3.8) is 0 Å². The number of hydrogen-bond acceptors (Lipinski definition) is 6. The second kappa shape index (κ2) is 9.43. The predicted octanol–water partition coefficient (Wildman–Crippen LogP) is 4.71. The van der Waals surface area contributed by atoms with Gasteiger partial charge in [-0.15, -0.1) is 0 Å². The third kappa shape index (κ3) is 4.42. The lowest BCUT2D eigenvalue weighted by atomic mass is 9.95. The van der Waals surface area contributed by atoms with Crippen LogP contribution in [0, 0.1) is 6.92 Å². The summed E-state index contributed by atoms with van der Waals surface area (Å²) in [7, 11) is 0. The van der Waals surface area contributed by atoms with Crippen LogP contribution in [-0.4, -0.2) is 47.6 Å². The fraction of sp³-hybridized carbons (Fsp3) is 0.462. The lowest BCUT2D eigenvalue weighted by Crippen LogP contribution is -2.36. The van der Waals surface area contributed by atoms with E-state index in [2.05, 4.69) is 0 Å². The minimum absolute atomic E-state index is 0.0335. The number of amides is 1. The zero-order chi connectivity index (χ0) is 23.7. The molecule has 7 nitrogen and oxygen atoms in total. The van der Waals surface area contributed by atoms with E-state index in [-0.39, 0.29) is 29.9 Å². The van der Waals surface area contributed by atoms with Crippen LogP contribution in [0.3, 0.4) is 0 Å². The molecule has 4 rings (SSSR count). The van der Waals surface area contributed by atoms with Crippen molar-refractivity contribution in [1.82, 2.24) is 4.90 Å². The number of Topliss-reactive ketones (excluding diaryl/α,β-unsaturated/α-hetero) is 1. The quantitative estimate of drug-likeness (QED) is 0.371. The van der Waals surface area contributed by atoms with Gasteiger partial charge in [-0.2, -0.15) is 0 Å². The molecule has 0 aliphatic carbocycles. The molecule has 0 saturated carbocycles. The van der Waals surface area contributed by atoms with Crippen LogP contribution in [0.2, 0.25) is 0 Å². The number of furan rings is 1. The topological polar surface area (TPSA) is 89.2 Å². The number of nitrogens with zero attached hydrogens (tertiary/aromatic N) is 1. The predicted molar refractivity (Wildman–Crippen MR) is 123 cm³/mol. The second-order valence-electron chi connectivity index (χ2n) is 8.88. The Bertz CT molecular complexity index is 1080. The van der Waals surface area contributed by atoms with Crippen molar-refractivity contribution >= 4 is 17.4 Å². The fourth-order valence-electron chi connectivity index (χ4n) is 4.56. The first-order valence-electron chi connectivity index (χ1n) is 11.5. The van der Waals surface area contributed by atoms with Crippen molar-refractivity contribution < 1.29 is 28.6 Å². The molecule has 0 spiro atoms. The van der Waals surface area contributed by atoms with E-state index in [1.807, 2.05) is 26.8 Å². The van der Waals surface area contributed by atoms with E-state index in [4.69, 9.17) is 13.9 Å². The van der Waals surface area contributed by atoms with Crippen molar-refractivity contribution in [2.24, 2.45) is 0 Å². The summed E-state index contributed by atoms with van der Waals surface area (Å²) < 4.78 is 17.3. The van der Waals surface area contributed by atoms with E-state index in [1.165, 1.54) is 4.90 Å². The zero-order valence-corrected chi connectivity index (χ0v) is 19.6. The van der Waals surface area contributed by atoms with Gasteiger partial charge in [0.15, 0.2) is 0 Å². The largest absolute Gasteiger partial charge is 0.507 e. The van der Waals surface area contributed by atoms with Crippen molar-refractivity contribution in [2.45, 2.75) is 58.6 Å². The number of rotatable bonds is 7. The molecular weight excluding hydrogens is 422 g/mol. The van der Waals surface area contributed by atoms with Crippen LogP contribution in [0.5, 0.6) is 5.75 Å². The van der Waals surface area contributed by atoms with Crippen LogP contribution in [0.4, 0.5) is 0 Å². The van der Waals surface area contributed by atoms with Crippen LogP contribution in [-0.2, 0) is 14.3 Å². The molecule has 2 unspecified atom stereocenters. The Morgan fingerprint density at radius 2 is 2.03 bits per heavy atom. The highest BCUT2D eigenvalue weighted by Crippen LogP contribution is 2.41. The highest BCUT2D eigenvalue weighted by Gasteiger charge is 2.48. The number of aliphatic hydroxyl groups excluding tert-OH is 1. The maximum absolute atomic E-state index is 13.2. The molecular formula is C26H31NO6. The lowest BCUT2D eigenvalue weighted by Gasteiger charge is -2.25. The average molecular weight is 454 g/mol. The van der Waals surface area contributed by atoms with Gasteiger partial charge in [0.1, 0.15) is 29.1 Å². The SMILES string of the molecule is CCOc1ccc(/C(O)=C2/C(=O)C(=O)N(CC3CCCO3)C2c2ccc(C)o2)cc1C(C)C. The van der Waals surface area contributed by atoms with E-state index in [0.29, 0.717) is 30.3 Å². The standard InChI is InChI=1S/C26H31NO6/c1-5-31-20-11-9-17(13-19(20)15(2)3)24(28)22-23(21-10-8-16(4)33-21)27(26(30)25(22)29)14-18-7-6-12-32-18/h8-11,13,15,18,23,28H,5-7,12,14H2,1-4H3/b24-22-. The number of aryl methyl sites for hydroxylation is 1. The Morgan fingerprint density at radius 3 is 2.64 bits per heavy atom. The van der Waals surface area contributed by atoms with Gasteiger partial charge in [0, 0.05) is 18.7 Å². The monoisotopic (exact) mass is 453 g/mol. The van der Waals surface area contributed by atoms with E-state index in [1.54, 1.807) is 31.2 Å². The summed E-state index contributed by atoms with van der Waals surface area (Å²) in [6, 6.07) is 8.06. The summed E-state index contributed by atoms with van der Waals surface area (Å²) in [6.07, 6.45) is 1.60. The Morgan fingerprint density at radius 1 is 1.24 bits per heavy atom. The summed E-state index contributed by atoms with van der Waals surface area (Å²) >= 11 is 0. The van der Waals surface area contributed by atoms with E-state index in [9.17, 15) is 14.7 Å². The Labute approximate surface area is 194 Å². The third-order valence-electron chi connectivity index (χ3n) is 6.20. The molecule has 2 aromatic rings. The molecule has 2 aliphatic heterocycles.